The van der Waals surface area contributed by atoms with Crippen LogP contribution < -0.4 is 5.73 Å². The molecule has 0 saturated carbocycles. The normalized spacial score (nSPS) is 20.1. The summed E-state index contributed by atoms with van der Waals surface area (Å²) in [6.07, 6.45) is 0. The molecule has 1 heterocycles. The maximum absolute atomic E-state index is 5.29. The Bertz CT molecular complexity index is 164. The van der Waals surface area contributed by atoms with Gasteiger partial charge < -0.3 is 15.4 Å². The maximum Gasteiger partial charge on any atom is 0.176 e. The molecule has 4 nitrogen and oxygen atoms in total. The van der Waals surface area contributed by atoms with Gasteiger partial charge in [0.05, 0.1) is 0 Å². The van der Waals surface area contributed by atoms with E-state index in [2.05, 4.69) is 23.4 Å². The molecule has 0 aromatic rings. The molecular weight excluding hydrogens is 166 g/mol. The highest BCUT2D eigenvalue weighted by Gasteiger charge is 2.12. The highest BCUT2D eigenvalue weighted by Crippen LogP contribution is 1.98. The first-order valence-electron chi connectivity index (χ1n) is 4.66. The minimum Gasteiger partial charge on any atom is -0.479 e. The summed E-state index contributed by atoms with van der Waals surface area (Å²) in [5.41, 5.74) is 5.29. The van der Waals surface area contributed by atoms with Gasteiger partial charge in [-0.25, -0.2) is 0 Å². The van der Waals surface area contributed by atoms with Gasteiger partial charge in [0.25, 0.3) is 0 Å². The summed E-state index contributed by atoms with van der Waals surface area (Å²) in [6, 6.07) is 0. The summed E-state index contributed by atoms with van der Waals surface area (Å²) in [5.74, 6) is 0.314. The molecule has 1 aliphatic rings. The number of piperazine rings is 1. The number of ether oxygens (including phenoxy) is 1. The number of hydrogen-bond acceptors (Lipinski definition) is 4. The van der Waals surface area contributed by atoms with Gasteiger partial charge in [-0.15, -0.1) is 0 Å². The molecule has 0 atom stereocenters. The van der Waals surface area contributed by atoms with E-state index in [0.717, 1.165) is 32.7 Å². The Morgan fingerprint density at radius 3 is 2.54 bits per heavy atom. The lowest BCUT2D eigenvalue weighted by atomic mass is 10.3. The smallest absolute Gasteiger partial charge is 0.176 e. The fourth-order valence-electron chi connectivity index (χ4n) is 1.38. The zero-order chi connectivity index (χ0) is 9.68. The van der Waals surface area contributed by atoms with Crippen molar-refractivity contribution in [3.05, 3.63) is 12.5 Å². The van der Waals surface area contributed by atoms with Crippen molar-refractivity contribution in [2.75, 3.05) is 46.4 Å². The van der Waals surface area contributed by atoms with Crippen LogP contribution in [0.2, 0.25) is 0 Å². The van der Waals surface area contributed by atoms with Crippen LogP contribution in [0, 0.1) is 0 Å². The van der Waals surface area contributed by atoms with Crippen LogP contribution >= 0.6 is 0 Å². The molecule has 0 aliphatic carbocycles. The number of rotatable bonds is 4. The summed E-state index contributed by atoms with van der Waals surface area (Å²) in [7, 11) is 2.15. The summed E-state index contributed by atoms with van der Waals surface area (Å²) in [5, 5.41) is 0. The van der Waals surface area contributed by atoms with Crippen molar-refractivity contribution in [2.24, 2.45) is 5.73 Å². The fourth-order valence-corrected chi connectivity index (χ4v) is 1.38. The van der Waals surface area contributed by atoms with Gasteiger partial charge in [0.2, 0.25) is 0 Å². The Morgan fingerprint density at radius 2 is 2.00 bits per heavy atom. The van der Waals surface area contributed by atoms with E-state index < -0.39 is 0 Å². The van der Waals surface area contributed by atoms with Crippen molar-refractivity contribution >= 4 is 0 Å². The van der Waals surface area contributed by atoms with Crippen molar-refractivity contribution in [1.29, 1.82) is 0 Å². The van der Waals surface area contributed by atoms with Gasteiger partial charge in [-0.1, -0.05) is 0 Å². The van der Waals surface area contributed by atoms with Gasteiger partial charge >= 0.3 is 0 Å². The number of nitrogens with two attached hydrogens (primary N) is 1. The van der Waals surface area contributed by atoms with E-state index in [1.54, 1.807) is 0 Å². The highest BCUT2D eigenvalue weighted by molar-refractivity contribution is 4.73. The van der Waals surface area contributed by atoms with E-state index in [4.69, 9.17) is 10.5 Å². The lowest BCUT2D eigenvalue weighted by molar-refractivity contribution is 0.112. The molecule has 0 spiro atoms. The van der Waals surface area contributed by atoms with Crippen LogP contribution in [0.25, 0.3) is 0 Å². The van der Waals surface area contributed by atoms with Crippen molar-refractivity contribution in [3.63, 3.8) is 0 Å². The molecule has 1 saturated heterocycles. The Hall–Kier alpha value is -0.740. The average Bonchev–Trinajstić information content (AvgIpc) is 2.08. The molecule has 0 aromatic heterocycles. The monoisotopic (exact) mass is 185 g/mol. The van der Waals surface area contributed by atoms with E-state index in [1.807, 2.05) is 0 Å². The standard InChI is InChI=1S/C9H19N3O/c1-9(10)13-8-7-12-5-3-11(2)4-6-12/h1,3-8,10H2,2H3. The zero-order valence-corrected chi connectivity index (χ0v) is 8.33. The highest BCUT2D eigenvalue weighted by atomic mass is 16.5. The minimum atomic E-state index is 0.314. The molecule has 2 N–H and O–H groups in total. The average molecular weight is 185 g/mol. The Morgan fingerprint density at radius 1 is 1.38 bits per heavy atom. The molecule has 0 unspecified atom stereocenters. The molecule has 1 fully saturated rings. The van der Waals surface area contributed by atoms with Gasteiger partial charge in [-0.3, -0.25) is 4.90 Å². The Kier molecular flexibility index (Phi) is 4.05. The van der Waals surface area contributed by atoms with E-state index in [1.165, 1.54) is 0 Å². The molecule has 1 rings (SSSR count). The van der Waals surface area contributed by atoms with Gasteiger partial charge in [0, 0.05) is 32.7 Å². The quantitative estimate of drug-likeness (QED) is 0.610. The minimum absolute atomic E-state index is 0.314. The second-order valence-electron chi connectivity index (χ2n) is 3.46. The molecule has 13 heavy (non-hydrogen) atoms. The van der Waals surface area contributed by atoms with E-state index in [-0.39, 0.29) is 0 Å². The summed E-state index contributed by atoms with van der Waals surface area (Å²) in [4.78, 5) is 4.71. The van der Waals surface area contributed by atoms with Crippen molar-refractivity contribution in [1.82, 2.24) is 9.80 Å². The van der Waals surface area contributed by atoms with Gasteiger partial charge in [0.1, 0.15) is 6.61 Å². The second kappa shape index (κ2) is 5.09. The lowest BCUT2D eigenvalue weighted by Gasteiger charge is -2.32. The van der Waals surface area contributed by atoms with Gasteiger partial charge in [-0.2, -0.15) is 0 Å². The third-order valence-corrected chi connectivity index (χ3v) is 2.29. The predicted molar refractivity (Wildman–Crippen MR) is 53.2 cm³/mol. The molecular formula is C9H19N3O. The third kappa shape index (κ3) is 4.15. The van der Waals surface area contributed by atoms with Crippen molar-refractivity contribution in [2.45, 2.75) is 0 Å². The first-order valence-corrected chi connectivity index (χ1v) is 4.66. The number of nitrogens with zero attached hydrogens (tertiary/aromatic N) is 2. The van der Waals surface area contributed by atoms with Crippen LogP contribution in [0.5, 0.6) is 0 Å². The molecule has 0 radical (unpaired) electrons. The van der Waals surface area contributed by atoms with Crippen LogP contribution in [0.4, 0.5) is 0 Å². The molecule has 0 amide bonds. The summed E-state index contributed by atoms with van der Waals surface area (Å²) >= 11 is 0. The third-order valence-electron chi connectivity index (χ3n) is 2.29. The maximum atomic E-state index is 5.29. The van der Waals surface area contributed by atoms with Crippen molar-refractivity contribution in [3.8, 4) is 0 Å². The largest absolute Gasteiger partial charge is 0.479 e. The second-order valence-corrected chi connectivity index (χ2v) is 3.46. The SMILES string of the molecule is C=C(N)OCCN1CCN(C)CC1. The predicted octanol–water partition coefficient (Wildman–Crippen LogP) is -0.320. The van der Waals surface area contributed by atoms with Crippen LogP contribution in [-0.4, -0.2) is 56.2 Å². The van der Waals surface area contributed by atoms with Crippen LogP contribution in [-0.2, 0) is 4.74 Å². The first-order chi connectivity index (χ1) is 6.18. The molecule has 4 heteroatoms. The summed E-state index contributed by atoms with van der Waals surface area (Å²) < 4.78 is 5.10. The van der Waals surface area contributed by atoms with E-state index in [9.17, 15) is 0 Å². The van der Waals surface area contributed by atoms with E-state index in [0.29, 0.717) is 12.5 Å². The van der Waals surface area contributed by atoms with Crippen LogP contribution in [0.1, 0.15) is 0 Å². The van der Waals surface area contributed by atoms with Gasteiger partial charge in [-0.05, 0) is 13.6 Å². The zero-order valence-electron chi connectivity index (χ0n) is 8.33. The summed E-state index contributed by atoms with van der Waals surface area (Å²) in [6.45, 7) is 9.61. The van der Waals surface area contributed by atoms with Crippen LogP contribution in [0.15, 0.2) is 12.5 Å². The topological polar surface area (TPSA) is 41.7 Å². The molecule has 76 valence electrons. The number of hydrogen-bond donors (Lipinski definition) is 1. The number of likely N-dealkylation sites (N-methyl/N-ethyl adjacent to an activating group) is 1. The first kappa shape index (κ1) is 10.3. The van der Waals surface area contributed by atoms with Crippen LogP contribution in [0.3, 0.4) is 0 Å². The van der Waals surface area contributed by atoms with Crippen molar-refractivity contribution < 1.29 is 4.74 Å². The Balaban J connectivity index is 2.05. The molecule has 0 bridgehead atoms. The van der Waals surface area contributed by atoms with E-state index >= 15 is 0 Å². The lowest BCUT2D eigenvalue weighted by Crippen LogP contribution is -2.45. The molecule has 0 aromatic carbocycles. The Labute approximate surface area is 79.9 Å². The fraction of sp³-hybridized carbons (Fsp3) is 0.778. The molecule has 1 aliphatic heterocycles. The van der Waals surface area contributed by atoms with Gasteiger partial charge in [0.15, 0.2) is 5.88 Å².